The van der Waals surface area contributed by atoms with E-state index in [-0.39, 0.29) is 5.82 Å². The highest BCUT2D eigenvalue weighted by molar-refractivity contribution is 7.99. The Morgan fingerprint density at radius 1 is 1.11 bits per heavy atom. The summed E-state index contributed by atoms with van der Waals surface area (Å²) in [5, 5.41) is 10.8. The van der Waals surface area contributed by atoms with Gasteiger partial charge < -0.3 is 14.3 Å². The minimum absolute atomic E-state index is 0.266. The van der Waals surface area contributed by atoms with E-state index in [0.717, 1.165) is 39.7 Å². The van der Waals surface area contributed by atoms with Crippen LogP contribution in [0.3, 0.4) is 0 Å². The number of nitrogens with zero attached hydrogens (tertiary/aromatic N) is 3. The standard InChI is InChI=1S/C20H19FN4OS/c1-2-25-19(17-13-22-18-6-4-3-5-16(17)18)23-24-20(25)27-12-11-26-15-9-7-14(21)8-10-15/h3-10,13,22H,2,11-12H2,1H3. The molecule has 27 heavy (non-hydrogen) atoms. The van der Waals surface area contributed by atoms with Crippen LogP contribution in [-0.2, 0) is 6.54 Å². The number of hydrogen-bond acceptors (Lipinski definition) is 4. The van der Waals surface area contributed by atoms with E-state index < -0.39 is 0 Å². The molecule has 0 atom stereocenters. The van der Waals surface area contributed by atoms with Crippen LogP contribution in [0, 0.1) is 5.82 Å². The molecule has 7 heteroatoms. The van der Waals surface area contributed by atoms with Gasteiger partial charge in [-0.3, -0.25) is 0 Å². The molecule has 0 radical (unpaired) electrons. The topological polar surface area (TPSA) is 55.7 Å². The quantitative estimate of drug-likeness (QED) is 0.370. The van der Waals surface area contributed by atoms with Gasteiger partial charge in [0.2, 0.25) is 0 Å². The first-order valence-electron chi connectivity index (χ1n) is 8.77. The molecular formula is C20H19FN4OS. The average Bonchev–Trinajstić information content (AvgIpc) is 3.30. The van der Waals surface area contributed by atoms with E-state index in [0.29, 0.717) is 12.4 Å². The van der Waals surface area contributed by atoms with Crippen molar-refractivity contribution >= 4 is 22.7 Å². The zero-order valence-electron chi connectivity index (χ0n) is 14.9. The van der Waals surface area contributed by atoms with Gasteiger partial charge in [-0.1, -0.05) is 30.0 Å². The first-order chi connectivity index (χ1) is 13.3. The minimum atomic E-state index is -0.266. The number of rotatable bonds is 7. The zero-order valence-corrected chi connectivity index (χ0v) is 15.7. The molecule has 0 aliphatic rings. The SMILES string of the molecule is CCn1c(SCCOc2ccc(F)cc2)nnc1-c1c[nH]c2ccccc12. The molecule has 4 aromatic rings. The second-order valence-corrected chi connectivity index (χ2v) is 7.01. The van der Waals surface area contributed by atoms with Crippen molar-refractivity contribution < 1.29 is 9.13 Å². The third-order valence-corrected chi connectivity index (χ3v) is 5.19. The summed E-state index contributed by atoms with van der Waals surface area (Å²) in [6, 6.07) is 14.2. The lowest BCUT2D eigenvalue weighted by Crippen LogP contribution is -2.03. The van der Waals surface area contributed by atoms with Gasteiger partial charge in [-0.2, -0.15) is 0 Å². The maximum absolute atomic E-state index is 12.9. The molecule has 2 aromatic heterocycles. The summed E-state index contributed by atoms with van der Waals surface area (Å²) in [5.74, 6) is 1.98. The van der Waals surface area contributed by atoms with E-state index in [4.69, 9.17) is 4.74 Å². The number of hydrogen-bond donors (Lipinski definition) is 1. The molecular weight excluding hydrogens is 363 g/mol. The Hall–Kier alpha value is -2.80. The zero-order chi connectivity index (χ0) is 18.6. The molecule has 0 fully saturated rings. The summed E-state index contributed by atoms with van der Waals surface area (Å²) >= 11 is 1.60. The Morgan fingerprint density at radius 2 is 1.93 bits per heavy atom. The van der Waals surface area contributed by atoms with E-state index in [1.54, 1.807) is 23.9 Å². The van der Waals surface area contributed by atoms with E-state index in [1.807, 2.05) is 24.4 Å². The van der Waals surface area contributed by atoms with Crippen LogP contribution >= 0.6 is 11.8 Å². The van der Waals surface area contributed by atoms with Crippen LogP contribution < -0.4 is 4.74 Å². The van der Waals surface area contributed by atoms with Gasteiger partial charge in [0.05, 0.1) is 6.61 Å². The molecule has 0 saturated carbocycles. The summed E-state index contributed by atoms with van der Waals surface area (Å²) in [6.45, 7) is 3.37. The maximum Gasteiger partial charge on any atom is 0.191 e. The number of aromatic nitrogens is 4. The molecule has 0 amide bonds. The van der Waals surface area contributed by atoms with Crippen molar-refractivity contribution in [1.29, 1.82) is 0 Å². The number of benzene rings is 2. The molecule has 138 valence electrons. The summed E-state index contributed by atoms with van der Waals surface area (Å²) in [6.07, 6.45) is 1.98. The number of aromatic amines is 1. The van der Waals surface area contributed by atoms with Gasteiger partial charge >= 0.3 is 0 Å². The van der Waals surface area contributed by atoms with Gasteiger partial charge in [0.25, 0.3) is 0 Å². The number of para-hydroxylation sites is 1. The molecule has 2 aromatic carbocycles. The van der Waals surface area contributed by atoms with Crippen LogP contribution in [0.5, 0.6) is 5.75 Å². The van der Waals surface area contributed by atoms with Gasteiger partial charge in [0.15, 0.2) is 11.0 Å². The van der Waals surface area contributed by atoms with Crippen LogP contribution in [0.1, 0.15) is 6.92 Å². The lowest BCUT2D eigenvalue weighted by molar-refractivity contribution is 0.343. The van der Waals surface area contributed by atoms with Crippen molar-refractivity contribution in [2.75, 3.05) is 12.4 Å². The summed E-state index contributed by atoms with van der Waals surface area (Å²) in [5.41, 5.74) is 2.13. The fourth-order valence-electron chi connectivity index (χ4n) is 2.96. The Balaban J connectivity index is 1.46. The van der Waals surface area contributed by atoms with Crippen molar-refractivity contribution in [3.8, 4) is 17.1 Å². The predicted octanol–water partition coefficient (Wildman–Crippen LogP) is 4.76. The molecule has 0 bridgehead atoms. The van der Waals surface area contributed by atoms with Crippen LogP contribution in [0.15, 0.2) is 59.9 Å². The second-order valence-electron chi connectivity index (χ2n) is 5.95. The first kappa shape index (κ1) is 17.6. The number of fused-ring (bicyclic) bond motifs is 1. The highest BCUT2D eigenvalue weighted by Crippen LogP contribution is 2.29. The highest BCUT2D eigenvalue weighted by atomic mass is 32.2. The number of thioether (sulfide) groups is 1. The molecule has 2 heterocycles. The molecule has 0 spiro atoms. The third-order valence-electron chi connectivity index (χ3n) is 4.26. The molecule has 0 aliphatic carbocycles. The Labute approximate surface area is 160 Å². The van der Waals surface area contributed by atoms with Crippen molar-refractivity contribution in [1.82, 2.24) is 19.7 Å². The number of ether oxygens (including phenoxy) is 1. The van der Waals surface area contributed by atoms with Crippen LogP contribution in [0.25, 0.3) is 22.3 Å². The molecule has 0 aliphatic heterocycles. The average molecular weight is 382 g/mol. The summed E-state index contributed by atoms with van der Waals surface area (Å²) < 4.78 is 20.7. The minimum Gasteiger partial charge on any atom is -0.493 e. The molecule has 4 rings (SSSR count). The molecule has 0 unspecified atom stereocenters. The van der Waals surface area contributed by atoms with E-state index in [9.17, 15) is 4.39 Å². The van der Waals surface area contributed by atoms with Crippen molar-refractivity contribution in [3.05, 3.63) is 60.5 Å². The molecule has 1 N–H and O–H groups in total. The largest absolute Gasteiger partial charge is 0.493 e. The second kappa shape index (κ2) is 7.84. The lowest BCUT2D eigenvalue weighted by atomic mass is 10.1. The fraction of sp³-hybridized carbons (Fsp3) is 0.200. The van der Waals surface area contributed by atoms with Crippen LogP contribution in [0.2, 0.25) is 0 Å². The highest BCUT2D eigenvalue weighted by Gasteiger charge is 2.16. The monoisotopic (exact) mass is 382 g/mol. The summed E-state index contributed by atoms with van der Waals surface area (Å²) in [7, 11) is 0. The third kappa shape index (κ3) is 3.68. The lowest BCUT2D eigenvalue weighted by Gasteiger charge is -2.08. The van der Waals surface area contributed by atoms with E-state index in [2.05, 4.69) is 32.7 Å². The van der Waals surface area contributed by atoms with Crippen LogP contribution in [0.4, 0.5) is 4.39 Å². The Morgan fingerprint density at radius 3 is 2.74 bits per heavy atom. The number of H-pyrrole nitrogens is 1. The Bertz CT molecular complexity index is 1040. The van der Waals surface area contributed by atoms with Crippen molar-refractivity contribution in [2.24, 2.45) is 0 Å². The van der Waals surface area contributed by atoms with Gasteiger partial charge in [0.1, 0.15) is 11.6 Å². The van der Waals surface area contributed by atoms with Gasteiger partial charge in [0, 0.05) is 35.0 Å². The maximum atomic E-state index is 12.9. The first-order valence-corrected chi connectivity index (χ1v) is 9.75. The van der Waals surface area contributed by atoms with Gasteiger partial charge in [-0.25, -0.2) is 4.39 Å². The van der Waals surface area contributed by atoms with E-state index >= 15 is 0 Å². The molecule has 0 saturated heterocycles. The predicted molar refractivity (Wildman–Crippen MR) is 106 cm³/mol. The van der Waals surface area contributed by atoms with Gasteiger partial charge in [-0.15, -0.1) is 10.2 Å². The Kier molecular flexibility index (Phi) is 5.11. The van der Waals surface area contributed by atoms with E-state index in [1.165, 1.54) is 12.1 Å². The van der Waals surface area contributed by atoms with Gasteiger partial charge in [-0.05, 0) is 37.3 Å². The normalized spacial score (nSPS) is 11.2. The smallest absolute Gasteiger partial charge is 0.191 e. The summed E-state index contributed by atoms with van der Waals surface area (Å²) in [4.78, 5) is 3.29. The number of nitrogens with one attached hydrogen (secondary N) is 1. The number of halogens is 1. The molecule has 5 nitrogen and oxygen atoms in total. The van der Waals surface area contributed by atoms with Crippen molar-refractivity contribution in [2.45, 2.75) is 18.6 Å². The van der Waals surface area contributed by atoms with Crippen molar-refractivity contribution in [3.63, 3.8) is 0 Å². The van der Waals surface area contributed by atoms with Crippen LogP contribution in [-0.4, -0.2) is 32.1 Å². The fourth-order valence-corrected chi connectivity index (χ4v) is 3.78.